The summed E-state index contributed by atoms with van der Waals surface area (Å²) in [5.41, 5.74) is 2.61. The summed E-state index contributed by atoms with van der Waals surface area (Å²) < 4.78 is 6.05. The van der Waals surface area contributed by atoms with Gasteiger partial charge in [0.2, 0.25) is 5.88 Å². The van der Waals surface area contributed by atoms with E-state index in [0.717, 1.165) is 10.1 Å². The summed E-state index contributed by atoms with van der Waals surface area (Å²) in [6.45, 7) is 0.620. The number of halogens is 2. The second-order valence-electron chi connectivity index (χ2n) is 6.07. The van der Waals surface area contributed by atoms with Gasteiger partial charge in [0.1, 0.15) is 5.56 Å². The van der Waals surface area contributed by atoms with E-state index in [1.54, 1.807) is 25.3 Å². The zero-order valence-electron chi connectivity index (χ0n) is 14.5. The van der Waals surface area contributed by atoms with Crippen LogP contribution < -0.4 is 16.7 Å². The van der Waals surface area contributed by atoms with Gasteiger partial charge in [-0.15, -0.1) is 0 Å². The van der Waals surface area contributed by atoms with E-state index in [9.17, 15) is 14.7 Å². The van der Waals surface area contributed by atoms with Crippen LogP contribution in [0.2, 0.25) is 10.0 Å². The number of nitrogens with zero attached hydrogens (tertiary/aromatic N) is 2. The van der Waals surface area contributed by atoms with Crippen molar-refractivity contribution in [3.05, 3.63) is 60.2 Å². The van der Waals surface area contributed by atoms with E-state index in [4.69, 9.17) is 27.9 Å². The molecule has 2 aromatic rings. The summed E-state index contributed by atoms with van der Waals surface area (Å²) in [5.74, 6) is -0.414. The summed E-state index contributed by atoms with van der Waals surface area (Å²) in [6.07, 6.45) is 0.817. The van der Waals surface area contributed by atoms with Crippen LogP contribution in [0.15, 0.2) is 32.9 Å². The molecular weight excluding hydrogens is 395 g/mol. The van der Waals surface area contributed by atoms with Crippen molar-refractivity contribution in [2.24, 2.45) is 5.10 Å². The van der Waals surface area contributed by atoms with Gasteiger partial charge in [-0.05, 0) is 24.1 Å². The second kappa shape index (κ2) is 8.16. The quantitative estimate of drug-likeness (QED) is 0.628. The first kappa shape index (κ1) is 19.5. The highest BCUT2D eigenvalue weighted by molar-refractivity contribution is 6.35. The van der Waals surface area contributed by atoms with Gasteiger partial charge in [0, 0.05) is 36.7 Å². The van der Waals surface area contributed by atoms with Gasteiger partial charge in [-0.25, -0.2) is 4.79 Å². The first-order chi connectivity index (χ1) is 12.9. The van der Waals surface area contributed by atoms with Crippen molar-refractivity contribution in [1.82, 2.24) is 15.0 Å². The molecule has 3 N–H and O–H groups in total. The number of hydrazone groups is 1. The molecule has 0 fully saturated rings. The number of hydrogen-bond acceptors (Lipinski definition) is 6. The number of aromatic nitrogens is 2. The maximum atomic E-state index is 12.3. The molecule has 0 radical (unpaired) electrons. The molecule has 0 spiro atoms. The standard InChI is InChI=1S/C17H18Cl2N4O4/c1-27-6-2-5-23-16(25)14(15(24)20-17(23)26)13-8-12(21-22-13)10-4-3-9(18)7-11(10)19/h3-4,7,12,21,25H,2,5-6,8H2,1H3,(H,20,24,26)/t12-/m0/s1. The lowest BCUT2D eigenvalue weighted by atomic mass is 10.00. The molecular formula is C17H18Cl2N4O4. The Morgan fingerprint density at radius 3 is 2.85 bits per heavy atom. The molecule has 10 heteroatoms. The Bertz CT molecular complexity index is 999. The Balaban J connectivity index is 1.90. The highest BCUT2D eigenvalue weighted by Gasteiger charge is 2.28. The molecule has 3 rings (SSSR count). The zero-order valence-corrected chi connectivity index (χ0v) is 16.0. The molecule has 27 heavy (non-hydrogen) atoms. The Kier molecular flexibility index (Phi) is 5.88. The average molecular weight is 413 g/mol. The Morgan fingerprint density at radius 1 is 1.37 bits per heavy atom. The fourth-order valence-electron chi connectivity index (χ4n) is 2.96. The van der Waals surface area contributed by atoms with Crippen LogP contribution in [0.5, 0.6) is 5.88 Å². The Hall–Kier alpha value is -2.29. The molecule has 0 unspecified atom stereocenters. The van der Waals surface area contributed by atoms with Gasteiger partial charge in [0.25, 0.3) is 5.56 Å². The normalized spacial score (nSPS) is 16.3. The lowest BCUT2D eigenvalue weighted by Gasteiger charge is -2.13. The third-order valence-electron chi connectivity index (χ3n) is 4.28. The van der Waals surface area contributed by atoms with E-state index in [2.05, 4.69) is 15.5 Å². The summed E-state index contributed by atoms with van der Waals surface area (Å²) in [7, 11) is 1.54. The molecule has 0 saturated carbocycles. The molecule has 0 amide bonds. The fourth-order valence-corrected chi connectivity index (χ4v) is 3.50. The van der Waals surface area contributed by atoms with Gasteiger partial charge in [-0.3, -0.25) is 14.3 Å². The number of ether oxygens (including phenoxy) is 1. The van der Waals surface area contributed by atoms with Crippen LogP contribution in [-0.4, -0.2) is 34.1 Å². The van der Waals surface area contributed by atoms with E-state index < -0.39 is 17.1 Å². The van der Waals surface area contributed by atoms with E-state index in [1.807, 2.05) is 0 Å². The van der Waals surface area contributed by atoms with Gasteiger partial charge in [0.05, 0.1) is 11.8 Å². The first-order valence-electron chi connectivity index (χ1n) is 8.24. The fraction of sp³-hybridized carbons (Fsp3) is 0.353. The zero-order chi connectivity index (χ0) is 19.6. The predicted octanol–water partition coefficient (Wildman–Crippen LogP) is 2.02. The lowest BCUT2D eigenvalue weighted by molar-refractivity contribution is 0.188. The summed E-state index contributed by atoms with van der Waals surface area (Å²) in [6, 6.07) is 4.83. The molecule has 0 bridgehead atoms. The molecule has 0 saturated heterocycles. The third kappa shape index (κ3) is 4.02. The number of aromatic hydroxyl groups is 1. The third-order valence-corrected chi connectivity index (χ3v) is 4.84. The van der Waals surface area contributed by atoms with Crippen LogP contribution in [0.25, 0.3) is 0 Å². The van der Waals surface area contributed by atoms with Crippen molar-refractivity contribution in [3.8, 4) is 5.88 Å². The Labute approximate surface area is 164 Å². The highest BCUT2D eigenvalue weighted by Crippen LogP contribution is 2.32. The lowest BCUT2D eigenvalue weighted by Crippen LogP contribution is -2.34. The molecule has 1 atom stereocenters. The number of H-pyrrole nitrogens is 1. The minimum atomic E-state index is -0.691. The van der Waals surface area contributed by atoms with Crippen molar-refractivity contribution >= 4 is 28.9 Å². The highest BCUT2D eigenvalue weighted by atomic mass is 35.5. The smallest absolute Gasteiger partial charge is 0.331 e. The van der Waals surface area contributed by atoms with Crippen LogP contribution in [-0.2, 0) is 11.3 Å². The van der Waals surface area contributed by atoms with Crippen molar-refractivity contribution in [2.45, 2.75) is 25.4 Å². The number of benzene rings is 1. The topological polar surface area (TPSA) is 109 Å². The minimum absolute atomic E-state index is 0.0351. The maximum Gasteiger partial charge on any atom is 0.331 e. The van der Waals surface area contributed by atoms with Gasteiger partial charge < -0.3 is 15.3 Å². The SMILES string of the molecule is COCCCn1c(O)c(C2=NN[C@H](c3ccc(Cl)cc3Cl)C2)c(=O)[nH]c1=O. The molecule has 1 aromatic carbocycles. The molecule has 2 heterocycles. The number of nitrogens with one attached hydrogen (secondary N) is 2. The first-order valence-corrected chi connectivity index (χ1v) is 9.00. The molecule has 8 nitrogen and oxygen atoms in total. The van der Waals surface area contributed by atoms with Crippen LogP contribution in [0.1, 0.15) is 30.0 Å². The monoisotopic (exact) mass is 412 g/mol. The van der Waals surface area contributed by atoms with Crippen molar-refractivity contribution in [2.75, 3.05) is 13.7 Å². The Morgan fingerprint density at radius 2 is 2.15 bits per heavy atom. The molecule has 0 aliphatic carbocycles. The van der Waals surface area contributed by atoms with Crippen LogP contribution >= 0.6 is 23.2 Å². The van der Waals surface area contributed by atoms with Crippen LogP contribution in [0.3, 0.4) is 0 Å². The maximum absolute atomic E-state index is 12.3. The second-order valence-corrected chi connectivity index (χ2v) is 6.91. The van der Waals surface area contributed by atoms with Crippen LogP contribution in [0.4, 0.5) is 0 Å². The van der Waals surface area contributed by atoms with Gasteiger partial charge in [-0.1, -0.05) is 29.3 Å². The minimum Gasteiger partial charge on any atom is -0.494 e. The van der Waals surface area contributed by atoms with Crippen LogP contribution in [0, 0.1) is 0 Å². The van der Waals surface area contributed by atoms with Crippen molar-refractivity contribution < 1.29 is 9.84 Å². The molecule has 1 aliphatic heterocycles. The number of methoxy groups -OCH3 is 1. The number of aromatic amines is 1. The summed E-state index contributed by atoms with van der Waals surface area (Å²) in [4.78, 5) is 26.5. The summed E-state index contributed by atoms with van der Waals surface area (Å²) in [5, 5.41) is 15.7. The summed E-state index contributed by atoms with van der Waals surface area (Å²) >= 11 is 12.2. The van der Waals surface area contributed by atoms with E-state index in [0.29, 0.717) is 35.2 Å². The number of rotatable bonds is 6. The largest absolute Gasteiger partial charge is 0.494 e. The van der Waals surface area contributed by atoms with Crippen molar-refractivity contribution in [1.29, 1.82) is 0 Å². The van der Waals surface area contributed by atoms with E-state index >= 15 is 0 Å². The van der Waals surface area contributed by atoms with E-state index in [-0.39, 0.29) is 18.2 Å². The van der Waals surface area contributed by atoms with Crippen molar-refractivity contribution in [3.63, 3.8) is 0 Å². The van der Waals surface area contributed by atoms with Gasteiger partial charge in [-0.2, -0.15) is 5.10 Å². The van der Waals surface area contributed by atoms with E-state index in [1.165, 1.54) is 0 Å². The van der Waals surface area contributed by atoms with Gasteiger partial charge >= 0.3 is 5.69 Å². The molecule has 1 aliphatic rings. The molecule has 1 aromatic heterocycles. The predicted molar refractivity (Wildman–Crippen MR) is 103 cm³/mol. The average Bonchev–Trinajstić information content (AvgIpc) is 3.07. The number of hydrogen-bond donors (Lipinski definition) is 3. The van der Waals surface area contributed by atoms with Gasteiger partial charge in [0.15, 0.2) is 0 Å². The molecule has 144 valence electrons.